The molecular weight excluding hydrogens is 332 g/mol. The topological polar surface area (TPSA) is 50.4 Å². The molecule has 110 valence electrons. The van der Waals surface area contributed by atoms with Crippen LogP contribution in [0.25, 0.3) is 0 Å². The van der Waals surface area contributed by atoms with Gasteiger partial charge in [0, 0.05) is 21.9 Å². The van der Waals surface area contributed by atoms with E-state index in [2.05, 4.69) is 26.6 Å². The molecule has 0 bridgehead atoms. The van der Waals surface area contributed by atoms with Crippen molar-refractivity contribution in [3.8, 4) is 5.75 Å². The van der Waals surface area contributed by atoms with Gasteiger partial charge in [0.25, 0.3) is 0 Å². The number of hydrogen-bond donors (Lipinski definition) is 2. The highest BCUT2D eigenvalue weighted by Crippen LogP contribution is 2.22. The fourth-order valence-corrected chi connectivity index (χ4v) is 2.37. The first-order valence-corrected chi connectivity index (χ1v) is 7.42. The van der Waals surface area contributed by atoms with E-state index >= 15 is 0 Å². The lowest BCUT2D eigenvalue weighted by molar-refractivity contribution is 0.262. The van der Waals surface area contributed by atoms with Crippen molar-refractivity contribution in [2.75, 3.05) is 17.7 Å². The zero-order valence-electron chi connectivity index (χ0n) is 11.9. The first kappa shape index (κ1) is 15.4. The highest BCUT2D eigenvalue weighted by atomic mass is 79.9. The van der Waals surface area contributed by atoms with Crippen LogP contribution in [0, 0.1) is 0 Å². The third kappa shape index (κ3) is 4.23. The number of benzene rings is 2. The number of hydrogen-bond acceptors (Lipinski definition) is 2. The van der Waals surface area contributed by atoms with Gasteiger partial charge in [-0.25, -0.2) is 4.79 Å². The van der Waals surface area contributed by atoms with E-state index in [4.69, 9.17) is 4.74 Å². The molecule has 0 unspecified atom stereocenters. The first-order chi connectivity index (χ1) is 10.1. The van der Waals surface area contributed by atoms with Crippen LogP contribution < -0.4 is 15.4 Å². The number of nitrogens with one attached hydrogen (secondary N) is 2. The Morgan fingerprint density at radius 2 is 2.00 bits per heavy atom. The molecule has 0 aliphatic heterocycles. The predicted octanol–water partition coefficient (Wildman–Crippen LogP) is 4.66. The second-order valence-corrected chi connectivity index (χ2v) is 5.38. The normalized spacial score (nSPS) is 10.0. The minimum absolute atomic E-state index is 0.278. The summed E-state index contributed by atoms with van der Waals surface area (Å²) in [6.07, 6.45) is 0.841. The molecule has 0 spiro atoms. The van der Waals surface area contributed by atoms with E-state index in [9.17, 15) is 4.79 Å². The number of carbonyl (C=O) groups excluding carboxylic acids is 1. The van der Waals surface area contributed by atoms with Crippen molar-refractivity contribution in [2.24, 2.45) is 0 Å². The standard InChI is InChI=1S/C16H17BrN2O2/c1-3-11-9-12(17)7-8-15(11)19-16(20)18-13-5-4-6-14(10-13)21-2/h4-10H,3H2,1-2H3,(H2,18,19,20). The van der Waals surface area contributed by atoms with Gasteiger partial charge in [-0.3, -0.25) is 0 Å². The molecule has 0 heterocycles. The number of halogens is 1. The van der Waals surface area contributed by atoms with Gasteiger partial charge in [-0.15, -0.1) is 0 Å². The summed E-state index contributed by atoms with van der Waals surface area (Å²) in [7, 11) is 1.59. The molecule has 2 aromatic carbocycles. The van der Waals surface area contributed by atoms with Gasteiger partial charge in [0.05, 0.1) is 7.11 Å². The average molecular weight is 349 g/mol. The van der Waals surface area contributed by atoms with Gasteiger partial charge in [0.1, 0.15) is 5.75 Å². The fourth-order valence-electron chi connectivity index (χ4n) is 1.96. The van der Waals surface area contributed by atoms with Crippen LogP contribution in [0.4, 0.5) is 16.2 Å². The Bertz CT molecular complexity index is 644. The van der Waals surface area contributed by atoms with Crippen molar-refractivity contribution in [3.63, 3.8) is 0 Å². The van der Waals surface area contributed by atoms with E-state index < -0.39 is 0 Å². The highest BCUT2D eigenvalue weighted by Gasteiger charge is 2.07. The summed E-state index contributed by atoms with van der Waals surface area (Å²) < 4.78 is 6.13. The van der Waals surface area contributed by atoms with Crippen molar-refractivity contribution in [3.05, 3.63) is 52.5 Å². The molecule has 0 aliphatic carbocycles. The molecule has 0 saturated heterocycles. The summed E-state index contributed by atoms with van der Waals surface area (Å²) in [5.74, 6) is 0.700. The lowest BCUT2D eigenvalue weighted by Crippen LogP contribution is -2.20. The van der Waals surface area contributed by atoms with Gasteiger partial charge in [0.15, 0.2) is 0 Å². The molecule has 5 heteroatoms. The molecule has 2 rings (SSSR count). The summed E-state index contributed by atoms with van der Waals surface area (Å²) in [6.45, 7) is 2.05. The van der Waals surface area contributed by atoms with E-state index in [0.717, 1.165) is 22.1 Å². The number of urea groups is 1. The fraction of sp³-hybridized carbons (Fsp3) is 0.188. The second-order valence-electron chi connectivity index (χ2n) is 4.47. The van der Waals surface area contributed by atoms with Crippen LogP contribution in [-0.2, 0) is 6.42 Å². The van der Waals surface area contributed by atoms with Gasteiger partial charge in [-0.1, -0.05) is 28.9 Å². The molecule has 0 fully saturated rings. The van der Waals surface area contributed by atoms with Crippen molar-refractivity contribution in [2.45, 2.75) is 13.3 Å². The molecule has 0 saturated carbocycles. The third-order valence-electron chi connectivity index (χ3n) is 3.02. The number of aryl methyl sites for hydroxylation is 1. The van der Waals surface area contributed by atoms with Crippen molar-refractivity contribution in [1.29, 1.82) is 0 Å². The maximum atomic E-state index is 12.1. The summed E-state index contributed by atoms with van der Waals surface area (Å²) in [6, 6.07) is 12.7. The maximum Gasteiger partial charge on any atom is 0.323 e. The van der Waals surface area contributed by atoms with Crippen LogP contribution >= 0.6 is 15.9 Å². The lowest BCUT2D eigenvalue weighted by Gasteiger charge is -2.12. The second kappa shape index (κ2) is 7.13. The number of anilines is 2. The molecule has 0 radical (unpaired) electrons. The number of methoxy groups -OCH3 is 1. The SMILES string of the molecule is CCc1cc(Br)ccc1NC(=O)Nc1cccc(OC)c1. The summed E-state index contributed by atoms with van der Waals surface area (Å²) >= 11 is 3.43. The molecular formula is C16H17BrN2O2. The Morgan fingerprint density at radius 1 is 1.19 bits per heavy atom. The molecule has 21 heavy (non-hydrogen) atoms. The molecule has 2 N–H and O–H groups in total. The lowest BCUT2D eigenvalue weighted by atomic mass is 10.1. The summed E-state index contributed by atoms with van der Waals surface area (Å²) in [5, 5.41) is 5.65. The Balaban J connectivity index is 2.08. The Kier molecular flexibility index (Phi) is 5.22. The van der Waals surface area contributed by atoms with Gasteiger partial charge in [-0.2, -0.15) is 0 Å². The Labute approximate surface area is 132 Å². The monoisotopic (exact) mass is 348 g/mol. The molecule has 4 nitrogen and oxygen atoms in total. The van der Waals surface area contributed by atoms with Crippen LogP contribution in [0.15, 0.2) is 46.9 Å². The maximum absolute atomic E-state index is 12.1. The van der Waals surface area contributed by atoms with Gasteiger partial charge in [0.2, 0.25) is 0 Å². The minimum atomic E-state index is -0.278. The van der Waals surface area contributed by atoms with E-state index in [1.807, 2.05) is 43.3 Å². The van der Waals surface area contributed by atoms with Gasteiger partial charge >= 0.3 is 6.03 Å². The molecule has 2 amide bonds. The number of amides is 2. The molecule has 0 atom stereocenters. The minimum Gasteiger partial charge on any atom is -0.497 e. The van der Waals surface area contributed by atoms with Crippen molar-refractivity contribution < 1.29 is 9.53 Å². The average Bonchev–Trinajstić information content (AvgIpc) is 2.49. The summed E-state index contributed by atoms with van der Waals surface area (Å²) in [5.41, 5.74) is 2.56. The zero-order chi connectivity index (χ0) is 15.2. The summed E-state index contributed by atoms with van der Waals surface area (Å²) in [4.78, 5) is 12.1. The Morgan fingerprint density at radius 3 is 2.71 bits per heavy atom. The highest BCUT2D eigenvalue weighted by molar-refractivity contribution is 9.10. The van der Waals surface area contributed by atoms with Crippen LogP contribution in [0.1, 0.15) is 12.5 Å². The van der Waals surface area contributed by atoms with Crippen molar-refractivity contribution >= 4 is 33.3 Å². The van der Waals surface area contributed by atoms with E-state index in [1.54, 1.807) is 13.2 Å². The van der Waals surface area contributed by atoms with Crippen LogP contribution in [0.2, 0.25) is 0 Å². The zero-order valence-corrected chi connectivity index (χ0v) is 13.5. The largest absolute Gasteiger partial charge is 0.497 e. The molecule has 2 aromatic rings. The van der Waals surface area contributed by atoms with Gasteiger partial charge in [-0.05, 0) is 42.3 Å². The molecule has 0 aliphatic rings. The number of rotatable bonds is 4. The first-order valence-electron chi connectivity index (χ1n) is 6.63. The predicted molar refractivity (Wildman–Crippen MR) is 89.2 cm³/mol. The number of ether oxygens (including phenoxy) is 1. The smallest absolute Gasteiger partial charge is 0.323 e. The van der Waals surface area contributed by atoms with Crippen LogP contribution in [0.5, 0.6) is 5.75 Å². The van der Waals surface area contributed by atoms with Gasteiger partial charge < -0.3 is 15.4 Å². The van der Waals surface area contributed by atoms with E-state index in [-0.39, 0.29) is 6.03 Å². The van der Waals surface area contributed by atoms with E-state index in [1.165, 1.54) is 0 Å². The van der Waals surface area contributed by atoms with Crippen LogP contribution in [-0.4, -0.2) is 13.1 Å². The van der Waals surface area contributed by atoms with Crippen LogP contribution in [0.3, 0.4) is 0 Å². The number of carbonyl (C=O) groups is 1. The molecule has 0 aromatic heterocycles. The van der Waals surface area contributed by atoms with Crippen molar-refractivity contribution in [1.82, 2.24) is 0 Å². The van der Waals surface area contributed by atoms with E-state index in [0.29, 0.717) is 11.4 Å². The Hall–Kier alpha value is -2.01. The third-order valence-corrected chi connectivity index (χ3v) is 3.52. The quantitative estimate of drug-likeness (QED) is 0.843.